The van der Waals surface area contributed by atoms with E-state index in [2.05, 4.69) is 11.8 Å². The quantitative estimate of drug-likeness (QED) is 0.608. The lowest BCUT2D eigenvalue weighted by atomic mass is 9.97. The summed E-state index contributed by atoms with van der Waals surface area (Å²) in [6.07, 6.45) is 2.17. The van der Waals surface area contributed by atoms with Crippen LogP contribution < -0.4 is 0 Å². The number of carbonyl (C=O) groups is 2. The molecule has 0 amide bonds. The Balaban J connectivity index is 4.21. The van der Waals surface area contributed by atoms with Gasteiger partial charge in [0, 0.05) is 13.1 Å². The molecule has 0 aromatic heterocycles. The topological polar surface area (TPSA) is 55.8 Å². The highest BCUT2D eigenvalue weighted by atomic mass is 16.5. The summed E-state index contributed by atoms with van der Waals surface area (Å²) in [4.78, 5) is 25.7. The van der Waals surface area contributed by atoms with Crippen molar-refractivity contribution < 1.29 is 19.1 Å². The van der Waals surface area contributed by atoms with E-state index < -0.39 is 10.8 Å². The number of rotatable bonds is 9. The van der Waals surface area contributed by atoms with Crippen molar-refractivity contribution in [2.75, 3.05) is 32.8 Å². The van der Waals surface area contributed by atoms with Crippen LogP contribution in [0.2, 0.25) is 0 Å². The zero-order chi connectivity index (χ0) is 18.1. The Morgan fingerprint density at radius 1 is 0.783 bits per heavy atom. The van der Waals surface area contributed by atoms with E-state index in [0.717, 1.165) is 19.4 Å². The summed E-state index contributed by atoms with van der Waals surface area (Å²) in [7, 11) is 0. The highest BCUT2D eigenvalue weighted by Crippen LogP contribution is 2.16. The summed E-state index contributed by atoms with van der Waals surface area (Å²) in [5.41, 5.74) is -0.951. The second kappa shape index (κ2) is 9.91. The Morgan fingerprint density at radius 3 is 1.48 bits per heavy atom. The van der Waals surface area contributed by atoms with E-state index in [-0.39, 0.29) is 11.9 Å². The van der Waals surface area contributed by atoms with E-state index in [9.17, 15) is 9.59 Å². The summed E-state index contributed by atoms with van der Waals surface area (Å²) < 4.78 is 10.6. The predicted octanol–water partition coefficient (Wildman–Crippen LogP) is 3.27. The van der Waals surface area contributed by atoms with Crippen molar-refractivity contribution in [2.24, 2.45) is 10.8 Å². The molecule has 0 aliphatic heterocycles. The molecule has 0 aliphatic carbocycles. The molecule has 0 aliphatic rings. The predicted molar refractivity (Wildman–Crippen MR) is 92.2 cm³/mol. The highest BCUT2D eigenvalue weighted by molar-refractivity contribution is 5.75. The molecule has 5 nitrogen and oxygen atoms in total. The molecule has 5 heteroatoms. The van der Waals surface area contributed by atoms with E-state index in [0.29, 0.717) is 26.3 Å². The fourth-order valence-corrected chi connectivity index (χ4v) is 1.69. The van der Waals surface area contributed by atoms with Gasteiger partial charge in [-0.05, 0) is 54.5 Å². The van der Waals surface area contributed by atoms with Gasteiger partial charge in [-0.3, -0.25) is 14.5 Å². The minimum atomic E-state index is -0.476. The largest absolute Gasteiger partial charge is 0.464 e. The molecule has 0 aromatic rings. The minimum absolute atomic E-state index is 0.188. The summed E-state index contributed by atoms with van der Waals surface area (Å²) in [5.74, 6) is -0.376. The summed E-state index contributed by atoms with van der Waals surface area (Å²) in [5, 5.41) is 0. The number of unbranched alkanes of at least 4 members (excludes halogenated alkanes) is 1. The third kappa shape index (κ3) is 10.3. The first kappa shape index (κ1) is 21.9. The van der Waals surface area contributed by atoms with Gasteiger partial charge >= 0.3 is 11.9 Å². The molecule has 0 radical (unpaired) electrons. The normalized spacial score (nSPS) is 12.3. The van der Waals surface area contributed by atoms with Crippen LogP contribution in [0.3, 0.4) is 0 Å². The fourth-order valence-electron chi connectivity index (χ4n) is 1.69. The van der Waals surface area contributed by atoms with Crippen LogP contribution in [0, 0.1) is 10.8 Å². The number of nitrogens with zero attached hydrogens (tertiary/aromatic N) is 1. The molecule has 0 heterocycles. The van der Waals surface area contributed by atoms with E-state index in [1.165, 1.54) is 0 Å². The van der Waals surface area contributed by atoms with Crippen LogP contribution >= 0.6 is 0 Å². The lowest BCUT2D eigenvalue weighted by Gasteiger charge is -2.24. The molecular formula is C18H35NO4. The van der Waals surface area contributed by atoms with E-state index in [4.69, 9.17) is 9.47 Å². The average Bonchev–Trinajstić information content (AvgIpc) is 2.41. The molecule has 0 saturated carbocycles. The molecule has 0 unspecified atom stereocenters. The molecule has 0 rings (SSSR count). The van der Waals surface area contributed by atoms with Gasteiger partial charge < -0.3 is 9.47 Å². The second-order valence-electron chi connectivity index (χ2n) is 7.97. The van der Waals surface area contributed by atoms with E-state index in [1.54, 1.807) is 0 Å². The van der Waals surface area contributed by atoms with E-state index in [1.807, 2.05) is 41.5 Å². The second-order valence-corrected chi connectivity index (χ2v) is 7.97. The molecule has 0 bridgehead atoms. The lowest BCUT2D eigenvalue weighted by molar-refractivity contribution is -0.153. The summed E-state index contributed by atoms with van der Waals surface area (Å²) in [6, 6.07) is 0. The highest BCUT2D eigenvalue weighted by Gasteiger charge is 2.24. The smallest absolute Gasteiger partial charge is 0.311 e. The first-order valence-electron chi connectivity index (χ1n) is 8.55. The van der Waals surface area contributed by atoms with Gasteiger partial charge in [0.05, 0.1) is 10.8 Å². The summed E-state index contributed by atoms with van der Waals surface area (Å²) >= 11 is 0. The first-order valence-corrected chi connectivity index (χ1v) is 8.55. The third-order valence-corrected chi connectivity index (χ3v) is 3.33. The van der Waals surface area contributed by atoms with E-state index >= 15 is 0 Å². The maximum atomic E-state index is 11.8. The third-order valence-electron chi connectivity index (χ3n) is 3.33. The molecule has 0 spiro atoms. The van der Waals surface area contributed by atoms with Crippen LogP contribution in [0.25, 0.3) is 0 Å². The van der Waals surface area contributed by atoms with Gasteiger partial charge in [0.25, 0.3) is 0 Å². The first-order chi connectivity index (χ1) is 10.5. The zero-order valence-corrected chi connectivity index (χ0v) is 16.0. The molecule has 136 valence electrons. The van der Waals surface area contributed by atoms with Crippen molar-refractivity contribution in [2.45, 2.75) is 61.3 Å². The van der Waals surface area contributed by atoms with Crippen molar-refractivity contribution >= 4 is 11.9 Å². The fraction of sp³-hybridized carbons (Fsp3) is 0.889. The molecule has 0 aromatic carbocycles. The van der Waals surface area contributed by atoms with Crippen LogP contribution in [-0.4, -0.2) is 49.7 Å². The van der Waals surface area contributed by atoms with Crippen molar-refractivity contribution in [3.8, 4) is 0 Å². The Bertz CT molecular complexity index is 334. The minimum Gasteiger partial charge on any atom is -0.464 e. The number of hydrogen-bond donors (Lipinski definition) is 0. The zero-order valence-electron chi connectivity index (χ0n) is 16.0. The molecule has 0 N–H and O–H groups in total. The molecular weight excluding hydrogens is 294 g/mol. The van der Waals surface area contributed by atoms with Crippen molar-refractivity contribution in [1.82, 2.24) is 4.90 Å². The maximum Gasteiger partial charge on any atom is 0.311 e. The SMILES string of the molecule is CCCCN(CCOC(=O)C(C)(C)C)CCOC(=O)C(C)(C)C. The Morgan fingerprint density at radius 2 is 1.17 bits per heavy atom. The number of ether oxygens (including phenoxy) is 2. The number of esters is 2. The number of carbonyl (C=O) groups excluding carboxylic acids is 2. The molecule has 0 atom stereocenters. The van der Waals surface area contributed by atoms with Crippen molar-refractivity contribution in [3.63, 3.8) is 0 Å². The molecule has 0 saturated heterocycles. The monoisotopic (exact) mass is 329 g/mol. The van der Waals surface area contributed by atoms with Gasteiger partial charge in [0.15, 0.2) is 0 Å². The van der Waals surface area contributed by atoms with Gasteiger partial charge in [0.1, 0.15) is 13.2 Å². The van der Waals surface area contributed by atoms with Crippen molar-refractivity contribution in [3.05, 3.63) is 0 Å². The van der Waals surface area contributed by atoms with Gasteiger partial charge in [-0.25, -0.2) is 0 Å². The van der Waals surface area contributed by atoms with Gasteiger partial charge in [-0.15, -0.1) is 0 Å². The Hall–Kier alpha value is -1.10. The van der Waals surface area contributed by atoms with Crippen LogP contribution in [0.15, 0.2) is 0 Å². The molecule has 0 fully saturated rings. The lowest BCUT2D eigenvalue weighted by Crippen LogP contribution is -2.35. The van der Waals surface area contributed by atoms with Crippen LogP contribution in [-0.2, 0) is 19.1 Å². The maximum absolute atomic E-state index is 11.8. The standard InChI is InChI=1S/C18H35NO4/c1-8-9-10-19(11-13-22-15(20)17(2,3)4)12-14-23-16(21)18(5,6)7/h8-14H2,1-7H3. The van der Waals surface area contributed by atoms with Crippen molar-refractivity contribution in [1.29, 1.82) is 0 Å². The van der Waals surface area contributed by atoms with Crippen LogP contribution in [0.4, 0.5) is 0 Å². The summed E-state index contributed by atoms with van der Waals surface area (Å²) in [6.45, 7) is 16.2. The Labute approximate surface area is 141 Å². The van der Waals surface area contributed by atoms with Crippen LogP contribution in [0.5, 0.6) is 0 Å². The van der Waals surface area contributed by atoms with Gasteiger partial charge in [-0.1, -0.05) is 13.3 Å². The van der Waals surface area contributed by atoms with Gasteiger partial charge in [0.2, 0.25) is 0 Å². The Kier molecular flexibility index (Phi) is 9.44. The van der Waals surface area contributed by atoms with Gasteiger partial charge in [-0.2, -0.15) is 0 Å². The molecule has 23 heavy (non-hydrogen) atoms. The number of hydrogen-bond acceptors (Lipinski definition) is 5. The average molecular weight is 329 g/mol. The van der Waals surface area contributed by atoms with Crippen LogP contribution in [0.1, 0.15) is 61.3 Å².